The number of benzene rings is 2. The first-order chi connectivity index (χ1) is 17.7. The van der Waals surface area contributed by atoms with E-state index < -0.39 is 47.9 Å². The Morgan fingerprint density at radius 2 is 1.71 bits per heavy atom. The molecule has 0 aliphatic carbocycles. The van der Waals surface area contributed by atoms with Crippen LogP contribution in [0.4, 0.5) is 10.5 Å². The van der Waals surface area contributed by atoms with Crippen LogP contribution in [0.2, 0.25) is 0 Å². The largest absolute Gasteiger partial charge is 0.508 e. The summed E-state index contributed by atoms with van der Waals surface area (Å²) in [7, 11) is 1.52. The van der Waals surface area contributed by atoms with Crippen LogP contribution in [0.3, 0.4) is 0 Å². The van der Waals surface area contributed by atoms with E-state index in [1.165, 1.54) is 24.1 Å². The third-order valence-electron chi connectivity index (χ3n) is 5.47. The smallest absolute Gasteiger partial charge is 0.408 e. The summed E-state index contributed by atoms with van der Waals surface area (Å²) in [6.07, 6.45) is -1.41. The van der Waals surface area contributed by atoms with Gasteiger partial charge in [0.25, 0.3) is 5.91 Å². The van der Waals surface area contributed by atoms with E-state index in [1.54, 1.807) is 65.0 Å². The molecule has 11 heteroatoms. The van der Waals surface area contributed by atoms with E-state index in [0.717, 1.165) is 0 Å². The molecule has 0 radical (unpaired) electrons. The number of anilines is 1. The van der Waals surface area contributed by atoms with E-state index >= 15 is 0 Å². The number of ether oxygens (including phenoxy) is 2. The SMILES string of the molecule is CCN(C(=O)C(CC(N)=O)NC(=O)OC(C)(C)C)C(C(=O)Nc1ccc(OC)cc1)c1ccc(O)c(C)c1. The molecular weight excluding hydrogens is 492 g/mol. The second kappa shape index (κ2) is 12.8. The summed E-state index contributed by atoms with van der Waals surface area (Å²) < 4.78 is 10.4. The molecule has 0 heterocycles. The molecule has 2 atom stereocenters. The fourth-order valence-corrected chi connectivity index (χ4v) is 3.72. The number of alkyl carbamates (subject to hydrolysis) is 1. The lowest BCUT2D eigenvalue weighted by atomic mass is 9.99. The van der Waals surface area contributed by atoms with Crippen molar-refractivity contribution in [2.45, 2.75) is 58.7 Å². The number of hydrogen-bond acceptors (Lipinski definition) is 7. The number of nitrogens with two attached hydrogens (primary N) is 1. The number of carbonyl (C=O) groups excluding carboxylic acids is 4. The van der Waals surface area contributed by atoms with Crippen molar-refractivity contribution in [1.82, 2.24) is 10.2 Å². The van der Waals surface area contributed by atoms with Crippen LogP contribution < -0.4 is 21.1 Å². The number of phenolic OH excluding ortho intramolecular Hbond substituents is 1. The van der Waals surface area contributed by atoms with Gasteiger partial charge in [0.2, 0.25) is 11.8 Å². The highest BCUT2D eigenvalue weighted by atomic mass is 16.6. The van der Waals surface area contributed by atoms with Crippen molar-refractivity contribution in [3.05, 3.63) is 53.6 Å². The number of nitrogens with one attached hydrogen (secondary N) is 2. The van der Waals surface area contributed by atoms with Crippen molar-refractivity contribution in [3.8, 4) is 11.5 Å². The summed E-state index contributed by atoms with van der Waals surface area (Å²) in [5, 5.41) is 15.2. The Kier molecular flexibility index (Phi) is 10.1. The minimum Gasteiger partial charge on any atom is -0.508 e. The maximum atomic E-state index is 13.7. The van der Waals surface area contributed by atoms with Gasteiger partial charge in [0.1, 0.15) is 29.2 Å². The highest BCUT2D eigenvalue weighted by Gasteiger charge is 2.36. The fraction of sp³-hybridized carbons (Fsp3) is 0.407. The minimum absolute atomic E-state index is 0.0237. The average molecular weight is 529 g/mol. The number of hydrogen-bond donors (Lipinski definition) is 4. The predicted molar refractivity (Wildman–Crippen MR) is 142 cm³/mol. The lowest BCUT2D eigenvalue weighted by molar-refractivity contribution is -0.141. The third-order valence-corrected chi connectivity index (χ3v) is 5.47. The maximum Gasteiger partial charge on any atom is 0.408 e. The molecule has 0 spiro atoms. The van der Waals surface area contributed by atoms with E-state index in [4.69, 9.17) is 15.2 Å². The number of nitrogens with zero attached hydrogens (tertiary/aromatic N) is 1. The first-order valence-corrected chi connectivity index (χ1v) is 12.1. The molecule has 0 saturated carbocycles. The number of carbonyl (C=O) groups is 4. The van der Waals surface area contributed by atoms with Crippen molar-refractivity contribution in [3.63, 3.8) is 0 Å². The molecule has 206 valence electrons. The Morgan fingerprint density at radius 3 is 2.21 bits per heavy atom. The highest BCUT2D eigenvalue weighted by molar-refractivity contribution is 5.99. The van der Waals surface area contributed by atoms with Gasteiger partial charge in [-0.1, -0.05) is 6.07 Å². The summed E-state index contributed by atoms with van der Waals surface area (Å²) in [5.74, 6) is -1.46. The maximum absolute atomic E-state index is 13.7. The van der Waals surface area contributed by atoms with Gasteiger partial charge in [-0.3, -0.25) is 14.4 Å². The number of amides is 4. The fourth-order valence-electron chi connectivity index (χ4n) is 3.72. The number of rotatable bonds is 10. The van der Waals surface area contributed by atoms with Crippen LogP contribution in [-0.2, 0) is 19.1 Å². The molecule has 4 amide bonds. The van der Waals surface area contributed by atoms with Crippen molar-refractivity contribution in [2.75, 3.05) is 19.0 Å². The topological polar surface area (TPSA) is 160 Å². The van der Waals surface area contributed by atoms with Gasteiger partial charge in [0, 0.05) is 12.2 Å². The van der Waals surface area contributed by atoms with Crippen molar-refractivity contribution in [1.29, 1.82) is 0 Å². The zero-order chi connectivity index (χ0) is 28.6. The molecular formula is C27H36N4O7. The lowest BCUT2D eigenvalue weighted by Crippen LogP contribution is -2.53. The summed E-state index contributed by atoms with van der Waals surface area (Å²) in [6.45, 7) is 8.33. The first-order valence-electron chi connectivity index (χ1n) is 12.1. The van der Waals surface area contributed by atoms with E-state index in [2.05, 4.69) is 10.6 Å². The standard InChI is InChI=1S/C27H36N4O7/c1-7-31(25(35)20(15-22(28)33)30-26(36)38-27(3,4)5)23(17-8-13-21(32)16(2)14-17)24(34)29-18-9-11-19(37-6)12-10-18/h8-14,20,23,32H,7,15H2,1-6H3,(H2,28,33)(H,29,34)(H,30,36). The van der Waals surface area contributed by atoms with Crippen LogP contribution in [0.15, 0.2) is 42.5 Å². The Hall–Kier alpha value is -4.28. The van der Waals surface area contributed by atoms with Crippen LogP contribution >= 0.6 is 0 Å². The minimum atomic E-state index is -1.38. The Bertz CT molecular complexity index is 1160. The number of methoxy groups -OCH3 is 1. The van der Waals surface area contributed by atoms with Gasteiger partial charge >= 0.3 is 6.09 Å². The Labute approximate surface area is 222 Å². The number of phenols is 1. The second-order valence-corrected chi connectivity index (χ2v) is 9.66. The molecule has 0 fully saturated rings. The van der Waals surface area contributed by atoms with Gasteiger partial charge in [-0.25, -0.2) is 4.79 Å². The number of aryl methyl sites for hydroxylation is 1. The number of primary amides is 1. The van der Waals surface area contributed by atoms with Gasteiger partial charge < -0.3 is 35.8 Å². The highest BCUT2D eigenvalue weighted by Crippen LogP contribution is 2.28. The predicted octanol–water partition coefficient (Wildman–Crippen LogP) is 3.01. The average Bonchev–Trinajstić information content (AvgIpc) is 2.82. The molecule has 0 bridgehead atoms. The van der Waals surface area contributed by atoms with Gasteiger partial charge in [-0.15, -0.1) is 0 Å². The molecule has 38 heavy (non-hydrogen) atoms. The monoisotopic (exact) mass is 528 g/mol. The zero-order valence-electron chi connectivity index (χ0n) is 22.5. The lowest BCUT2D eigenvalue weighted by Gasteiger charge is -2.33. The number of aromatic hydroxyl groups is 1. The quantitative estimate of drug-likeness (QED) is 0.369. The summed E-state index contributed by atoms with van der Waals surface area (Å²) >= 11 is 0. The first kappa shape index (κ1) is 29.9. The molecule has 5 N–H and O–H groups in total. The van der Waals surface area contributed by atoms with Gasteiger partial charge in [-0.2, -0.15) is 0 Å². The van der Waals surface area contributed by atoms with E-state index in [1.807, 2.05) is 0 Å². The van der Waals surface area contributed by atoms with Crippen LogP contribution in [0, 0.1) is 6.92 Å². The van der Waals surface area contributed by atoms with Crippen LogP contribution in [-0.4, -0.2) is 59.1 Å². The van der Waals surface area contributed by atoms with E-state index in [0.29, 0.717) is 22.6 Å². The molecule has 0 aromatic heterocycles. The van der Waals surface area contributed by atoms with Crippen LogP contribution in [0.1, 0.15) is 51.3 Å². The molecule has 0 aliphatic heterocycles. The molecule has 2 unspecified atom stereocenters. The van der Waals surface area contributed by atoms with Crippen LogP contribution in [0.5, 0.6) is 11.5 Å². The summed E-state index contributed by atoms with van der Waals surface area (Å²) in [6, 6.07) is 8.63. The van der Waals surface area contributed by atoms with Crippen molar-refractivity contribution in [2.24, 2.45) is 5.73 Å². The summed E-state index contributed by atoms with van der Waals surface area (Å²) in [5.41, 5.74) is 5.88. The zero-order valence-corrected chi connectivity index (χ0v) is 22.5. The third kappa shape index (κ3) is 8.39. The van der Waals surface area contributed by atoms with Gasteiger partial charge in [0.05, 0.1) is 13.5 Å². The van der Waals surface area contributed by atoms with Gasteiger partial charge in [-0.05, 0) is 82.1 Å². The second-order valence-electron chi connectivity index (χ2n) is 9.66. The molecule has 2 aromatic carbocycles. The van der Waals surface area contributed by atoms with Crippen LogP contribution in [0.25, 0.3) is 0 Å². The molecule has 2 aromatic rings. The Balaban J connectivity index is 2.48. The Morgan fingerprint density at radius 1 is 1.08 bits per heavy atom. The molecule has 11 nitrogen and oxygen atoms in total. The molecule has 2 rings (SSSR count). The van der Waals surface area contributed by atoms with E-state index in [9.17, 15) is 24.3 Å². The van der Waals surface area contributed by atoms with Crippen molar-refractivity contribution >= 4 is 29.5 Å². The normalized spacial score (nSPS) is 12.6. The molecule has 0 aliphatic rings. The molecule has 0 saturated heterocycles. The summed E-state index contributed by atoms with van der Waals surface area (Å²) in [4.78, 5) is 52.8. The van der Waals surface area contributed by atoms with Crippen molar-refractivity contribution < 1.29 is 33.8 Å². The van der Waals surface area contributed by atoms with Gasteiger partial charge in [0.15, 0.2) is 0 Å². The van der Waals surface area contributed by atoms with E-state index in [-0.39, 0.29) is 12.3 Å². The number of likely N-dealkylation sites (N-methyl/N-ethyl adjacent to an activating group) is 1.